The van der Waals surface area contributed by atoms with Crippen molar-refractivity contribution < 1.29 is 9.90 Å². The molecule has 0 bridgehead atoms. The first-order valence-electron chi connectivity index (χ1n) is 5.51. The van der Waals surface area contributed by atoms with Crippen LogP contribution in [0, 0.1) is 0 Å². The molecule has 2 aromatic rings. The van der Waals surface area contributed by atoms with Crippen LogP contribution >= 0.6 is 0 Å². The minimum Gasteiger partial charge on any atom is -0.478 e. The standard InChI is InChI=1S/C12H13N3O3/c1-3-9-10(7-14(2)13-9)15-6-8(12(17)18)4-5-11(15)16/h4-7H,3H2,1-2H3,(H,17,18). The number of hydrogen-bond acceptors (Lipinski definition) is 3. The molecule has 0 radical (unpaired) electrons. The molecule has 6 nitrogen and oxygen atoms in total. The van der Waals surface area contributed by atoms with Gasteiger partial charge in [-0.2, -0.15) is 5.10 Å². The van der Waals surface area contributed by atoms with E-state index in [1.165, 1.54) is 22.9 Å². The molecule has 0 aromatic carbocycles. The van der Waals surface area contributed by atoms with Crippen LogP contribution in [0.25, 0.3) is 5.69 Å². The first-order chi connectivity index (χ1) is 8.52. The molecule has 94 valence electrons. The minimum atomic E-state index is -1.06. The van der Waals surface area contributed by atoms with Gasteiger partial charge in [0.25, 0.3) is 5.56 Å². The van der Waals surface area contributed by atoms with Gasteiger partial charge < -0.3 is 5.11 Å². The topological polar surface area (TPSA) is 77.1 Å². The molecule has 2 rings (SSSR count). The molecule has 0 saturated carbocycles. The number of carboxylic acid groups (broad SMARTS) is 1. The number of hydrogen-bond donors (Lipinski definition) is 1. The van der Waals surface area contributed by atoms with Crippen molar-refractivity contribution >= 4 is 5.97 Å². The van der Waals surface area contributed by atoms with E-state index in [-0.39, 0.29) is 11.1 Å². The van der Waals surface area contributed by atoms with Crippen molar-refractivity contribution in [2.75, 3.05) is 0 Å². The Labute approximate surface area is 103 Å². The van der Waals surface area contributed by atoms with Crippen LogP contribution in [0.15, 0.2) is 29.3 Å². The molecule has 0 unspecified atom stereocenters. The van der Waals surface area contributed by atoms with Crippen molar-refractivity contribution in [1.82, 2.24) is 14.3 Å². The number of rotatable bonds is 3. The summed E-state index contributed by atoms with van der Waals surface area (Å²) in [5, 5.41) is 13.2. The SMILES string of the molecule is CCc1nn(C)cc1-n1cc(C(=O)O)ccc1=O. The summed E-state index contributed by atoms with van der Waals surface area (Å²) in [6.07, 6.45) is 3.69. The molecule has 0 aliphatic heterocycles. The van der Waals surface area contributed by atoms with Gasteiger partial charge in [-0.3, -0.25) is 14.0 Å². The number of aromatic carboxylic acids is 1. The van der Waals surface area contributed by atoms with E-state index in [4.69, 9.17) is 5.11 Å². The molecule has 0 saturated heterocycles. The van der Waals surface area contributed by atoms with Crippen LogP contribution in [0.5, 0.6) is 0 Å². The Morgan fingerprint density at radius 2 is 2.11 bits per heavy atom. The molecular weight excluding hydrogens is 234 g/mol. The van der Waals surface area contributed by atoms with Gasteiger partial charge in [0.15, 0.2) is 0 Å². The van der Waals surface area contributed by atoms with E-state index >= 15 is 0 Å². The summed E-state index contributed by atoms with van der Waals surface area (Å²) >= 11 is 0. The van der Waals surface area contributed by atoms with Gasteiger partial charge in [0.1, 0.15) is 0 Å². The van der Waals surface area contributed by atoms with Gasteiger partial charge in [0, 0.05) is 25.5 Å². The average molecular weight is 247 g/mol. The van der Waals surface area contributed by atoms with Crippen molar-refractivity contribution in [1.29, 1.82) is 0 Å². The van der Waals surface area contributed by atoms with Gasteiger partial charge in [-0.1, -0.05) is 6.92 Å². The average Bonchev–Trinajstić information content (AvgIpc) is 2.70. The van der Waals surface area contributed by atoms with Crippen LogP contribution < -0.4 is 5.56 Å². The Kier molecular flexibility index (Phi) is 3.01. The van der Waals surface area contributed by atoms with Crippen molar-refractivity contribution in [2.24, 2.45) is 7.05 Å². The molecule has 0 aliphatic carbocycles. The van der Waals surface area contributed by atoms with Crippen molar-refractivity contribution in [3.8, 4) is 5.69 Å². The monoisotopic (exact) mass is 247 g/mol. The first-order valence-corrected chi connectivity index (χ1v) is 5.51. The number of nitrogens with zero attached hydrogens (tertiary/aromatic N) is 3. The Morgan fingerprint density at radius 3 is 2.72 bits per heavy atom. The van der Waals surface area contributed by atoms with Crippen LogP contribution in [0.2, 0.25) is 0 Å². The number of aromatic nitrogens is 3. The number of carboxylic acids is 1. The molecule has 2 aromatic heterocycles. The lowest BCUT2D eigenvalue weighted by molar-refractivity contribution is 0.0696. The summed E-state index contributed by atoms with van der Waals surface area (Å²) in [5.41, 5.74) is 1.17. The fourth-order valence-electron chi connectivity index (χ4n) is 1.78. The number of pyridine rings is 1. The maximum Gasteiger partial charge on any atom is 0.337 e. The van der Waals surface area contributed by atoms with E-state index in [1.807, 2.05) is 6.92 Å². The first kappa shape index (κ1) is 12.1. The third-order valence-electron chi connectivity index (χ3n) is 2.64. The predicted octanol–water partition coefficient (Wildman–Crippen LogP) is 0.832. The quantitative estimate of drug-likeness (QED) is 0.871. The van der Waals surface area contributed by atoms with E-state index in [0.717, 1.165) is 5.69 Å². The summed E-state index contributed by atoms with van der Waals surface area (Å²) in [4.78, 5) is 22.7. The third kappa shape index (κ3) is 2.04. The lowest BCUT2D eigenvalue weighted by atomic mass is 10.2. The number of carbonyl (C=O) groups is 1. The smallest absolute Gasteiger partial charge is 0.337 e. The van der Waals surface area contributed by atoms with Crippen LogP contribution in [0.4, 0.5) is 0 Å². The van der Waals surface area contributed by atoms with Crippen LogP contribution in [0.3, 0.4) is 0 Å². The van der Waals surface area contributed by atoms with Gasteiger partial charge in [-0.15, -0.1) is 0 Å². The fraction of sp³-hybridized carbons (Fsp3) is 0.250. The Balaban J connectivity index is 2.65. The largest absolute Gasteiger partial charge is 0.478 e. The summed E-state index contributed by atoms with van der Waals surface area (Å²) in [7, 11) is 1.76. The second-order valence-electron chi connectivity index (χ2n) is 3.92. The molecule has 2 heterocycles. The highest BCUT2D eigenvalue weighted by molar-refractivity contribution is 5.87. The molecule has 0 amide bonds. The molecule has 0 atom stereocenters. The van der Waals surface area contributed by atoms with Crippen LogP contribution in [0.1, 0.15) is 23.0 Å². The molecule has 18 heavy (non-hydrogen) atoms. The molecule has 0 spiro atoms. The number of aryl methyl sites for hydroxylation is 2. The highest BCUT2D eigenvalue weighted by Gasteiger charge is 2.12. The summed E-state index contributed by atoms with van der Waals surface area (Å²) in [5.74, 6) is -1.06. The highest BCUT2D eigenvalue weighted by atomic mass is 16.4. The third-order valence-corrected chi connectivity index (χ3v) is 2.64. The van der Waals surface area contributed by atoms with Crippen LogP contribution in [-0.4, -0.2) is 25.4 Å². The van der Waals surface area contributed by atoms with Gasteiger partial charge in [-0.05, 0) is 12.5 Å². The maximum absolute atomic E-state index is 11.8. The highest BCUT2D eigenvalue weighted by Crippen LogP contribution is 2.12. The molecule has 6 heteroatoms. The van der Waals surface area contributed by atoms with Gasteiger partial charge in [-0.25, -0.2) is 4.79 Å². The van der Waals surface area contributed by atoms with E-state index in [9.17, 15) is 9.59 Å². The van der Waals surface area contributed by atoms with E-state index < -0.39 is 5.97 Å². The van der Waals surface area contributed by atoms with Gasteiger partial charge in [0.2, 0.25) is 0 Å². The Hall–Kier alpha value is -2.37. The minimum absolute atomic E-state index is 0.0699. The van der Waals surface area contributed by atoms with Gasteiger partial charge in [0.05, 0.1) is 16.9 Å². The fourth-order valence-corrected chi connectivity index (χ4v) is 1.78. The van der Waals surface area contributed by atoms with E-state index in [2.05, 4.69) is 5.10 Å². The van der Waals surface area contributed by atoms with Crippen molar-refractivity contribution in [3.63, 3.8) is 0 Å². The van der Waals surface area contributed by atoms with E-state index in [0.29, 0.717) is 12.1 Å². The molecule has 0 aliphatic rings. The van der Waals surface area contributed by atoms with Crippen molar-refractivity contribution in [3.05, 3.63) is 46.1 Å². The summed E-state index contributed by atoms with van der Waals surface area (Å²) in [6.45, 7) is 1.93. The second kappa shape index (κ2) is 4.48. The molecule has 1 N–H and O–H groups in total. The zero-order chi connectivity index (χ0) is 13.3. The normalized spacial score (nSPS) is 10.6. The second-order valence-corrected chi connectivity index (χ2v) is 3.92. The maximum atomic E-state index is 11.8. The lowest BCUT2D eigenvalue weighted by Gasteiger charge is -2.05. The Morgan fingerprint density at radius 1 is 1.39 bits per heavy atom. The van der Waals surface area contributed by atoms with Crippen molar-refractivity contribution in [2.45, 2.75) is 13.3 Å². The van der Waals surface area contributed by atoms with Crippen LogP contribution in [-0.2, 0) is 13.5 Å². The molecule has 0 fully saturated rings. The molecular formula is C12H13N3O3. The van der Waals surface area contributed by atoms with E-state index in [1.54, 1.807) is 17.9 Å². The predicted molar refractivity (Wildman–Crippen MR) is 65.1 cm³/mol. The zero-order valence-electron chi connectivity index (χ0n) is 10.1. The lowest BCUT2D eigenvalue weighted by Crippen LogP contribution is -2.19. The summed E-state index contributed by atoms with van der Waals surface area (Å²) < 4.78 is 2.92. The van der Waals surface area contributed by atoms with Gasteiger partial charge >= 0.3 is 5.97 Å². The Bertz CT molecular complexity index is 655. The zero-order valence-corrected chi connectivity index (χ0v) is 10.1. The summed E-state index contributed by atoms with van der Waals surface area (Å²) in [6, 6.07) is 2.54.